The van der Waals surface area contributed by atoms with E-state index in [1.54, 1.807) is 24.2 Å². The molecule has 0 spiro atoms. The zero-order chi connectivity index (χ0) is 20.1. The van der Waals surface area contributed by atoms with Crippen molar-refractivity contribution in [2.24, 2.45) is 7.05 Å². The lowest BCUT2D eigenvalue weighted by atomic mass is 9.89. The van der Waals surface area contributed by atoms with Crippen LogP contribution in [0.3, 0.4) is 0 Å². The van der Waals surface area contributed by atoms with Crippen LogP contribution in [0.25, 0.3) is 11.1 Å². The number of nitrogens with one attached hydrogen (secondary N) is 1. The summed E-state index contributed by atoms with van der Waals surface area (Å²) in [5.74, 6) is 0.241. The monoisotopic (exact) mass is 409 g/mol. The van der Waals surface area contributed by atoms with Crippen molar-refractivity contribution < 1.29 is 19.0 Å². The van der Waals surface area contributed by atoms with E-state index in [2.05, 4.69) is 20.4 Å². The Morgan fingerprint density at radius 2 is 2.21 bits per heavy atom. The highest BCUT2D eigenvalue weighted by atomic mass is 35.5. The molecule has 1 aliphatic rings. The molecule has 10 heteroatoms. The molecule has 3 atom stereocenters. The lowest BCUT2D eigenvalue weighted by molar-refractivity contribution is -0.169. The molecule has 9 nitrogen and oxygen atoms in total. The summed E-state index contributed by atoms with van der Waals surface area (Å²) < 4.78 is 18.1. The summed E-state index contributed by atoms with van der Waals surface area (Å²) in [6.45, 7) is 1.50. The zero-order valence-electron chi connectivity index (χ0n) is 16.1. The average molecular weight is 410 g/mol. The number of anilines is 1. The molecule has 0 aliphatic heterocycles. The predicted octanol–water partition coefficient (Wildman–Crippen LogP) is 2.42. The number of rotatable bonds is 7. The Bertz CT molecular complexity index is 815. The topological polar surface area (TPSA) is 100 Å². The van der Waals surface area contributed by atoms with Crippen molar-refractivity contribution in [2.75, 3.05) is 19.2 Å². The Balaban J connectivity index is 1.87. The highest BCUT2D eigenvalue weighted by Gasteiger charge is 2.37. The van der Waals surface area contributed by atoms with Crippen molar-refractivity contribution in [3.05, 3.63) is 23.9 Å². The molecule has 0 aromatic carbocycles. The van der Waals surface area contributed by atoms with Crippen LogP contribution in [0.15, 0.2) is 18.6 Å². The van der Waals surface area contributed by atoms with E-state index >= 15 is 0 Å². The lowest BCUT2D eigenvalue weighted by Crippen LogP contribution is -2.49. The first-order valence-corrected chi connectivity index (χ1v) is 9.41. The molecule has 28 heavy (non-hydrogen) atoms. The lowest BCUT2D eigenvalue weighted by Gasteiger charge is -2.37. The second-order valence-corrected chi connectivity index (χ2v) is 7.01. The van der Waals surface area contributed by atoms with Gasteiger partial charge in [0.2, 0.25) is 5.28 Å². The molecule has 152 valence electrons. The second kappa shape index (κ2) is 9.31. The number of aryl methyl sites for hydroxylation is 1. The van der Waals surface area contributed by atoms with Crippen LogP contribution >= 0.6 is 11.6 Å². The zero-order valence-corrected chi connectivity index (χ0v) is 16.8. The fourth-order valence-corrected chi connectivity index (χ4v) is 3.54. The van der Waals surface area contributed by atoms with Crippen molar-refractivity contribution >= 4 is 23.4 Å². The van der Waals surface area contributed by atoms with Gasteiger partial charge in [0.15, 0.2) is 0 Å². The number of carbonyl (C=O) groups is 1. The molecule has 1 N–H and O–H groups in total. The summed E-state index contributed by atoms with van der Waals surface area (Å²) >= 11 is 6.04. The van der Waals surface area contributed by atoms with E-state index < -0.39 is 0 Å². The molecular formula is C18H24ClN5O4. The number of halogens is 1. The molecular weight excluding hydrogens is 386 g/mol. The van der Waals surface area contributed by atoms with Gasteiger partial charge in [0.05, 0.1) is 12.2 Å². The second-order valence-electron chi connectivity index (χ2n) is 6.67. The minimum atomic E-state index is -0.381. The van der Waals surface area contributed by atoms with Gasteiger partial charge >= 0.3 is 5.97 Å². The van der Waals surface area contributed by atoms with Gasteiger partial charge in [-0.1, -0.05) is 0 Å². The van der Waals surface area contributed by atoms with Crippen LogP contribution in [0.5, 0.6) is 0 Å². The van der Waals surface area contributed by atoms with Gasteiger partial charge in [-0.25, -0.2) is 9.97 Å². The van der Waals surface area contributed by atoms with Gasteiger partial charge in [-0.2, -0.15) is 5.10 Å². The van der Waals surface area contributed by atoms with Crippen LogP contribution in [0, 0.1) is 0 Å². The predicted molar refractivity (Wildman–Crippen MR) is 103 cm³/mol. The standard InChI is InChI=1S/C18H24ClN5O4/c1-11(25)28-15-6-4-5-14(16(15)27-10-26-3)22-17-13(8-20-18(19)23-17)12-7-21-24(2)9-12/h7-9,14-16H,4-6,10H2,1-3H3,(H,20,22,23)/t14-,15?,16-/m0/s1. The molecule has 1 fully saturated rings. The largest absolute Gasteiger partial charge is 0.460 e. The van der Waals surface area contributed by atoms with Crippen molar-refractivity contribution in [1.29, 1.82) is 0 Å². The minimum Gasteiger partial charge on any atom is -0.460 e. The van der Waals surface area contributed by atoms with Crippen LogP contribution in [-0.2, 0) is 26.1 Å². The quantitative estimate of drug-likeness (QED) is 0.422. The Morgan fingerprint density at radius 3 is 2.89 bits per heavy atom. The molecule has 1 aliphatic carbocycles. The summed E-state index contributed by atoms with van der Waals surface area (Å²) in [5.41, 5.74) is 1.64. The van der Waals surface area contributed by atoms with Gasteiger partial charge in [0.25, 0.3) is 0 Å². The van der Waals surface area contributed by atoms with Crippen molar-refractivity contribution in [1.82, 2.24) is 19.7 Å². The van der Waals surface area contributed by atoms with Crippen molar-refractivity contribution in [3.63, 3.8) is 0 Å². The first-order chi connectivity index (χ1) is 13.5. The fourth-order valence-electron chi connectivity index (χ4n) is 3.41. The van der Waals surface area contributed by atoms with Crippen LogP contribution in [0.2, 0.25) is 5.28 Å². The van der Waals surface area contributed by atoms with Crippen molar-refractivity contribution in [3.8, 4) is 11.1 Å². The maximum Gasteiger partial charge on any atom is 0.302 e. The molecule has 2 aromatic rings. The van der Waals surface area contributed by atoms with E-state index in [-0.39, 0.29) is 36.3 Å². The first-order valence-electron chi connectivity index (χ1n) is 9.03. The number of methoxy groups -OCH3 is 1. The smallest absolute Gasteiger partial charge is 0.302 e. The van der Waals surface area contributed by atoms with E-state index in [4.69, 9.17) is 25.8 Å². The molecule has 1 saturated carbocycles. The number of carbonyl (C=O) groups excluding carboxylic acids is 1. The Labute approximate surface area is 168 Å². The summed E-state index contributed by atoms with van der Waals surface area (Å²) in [5, 5.41) is 7.76. The van der Waals surface area contributed by atoms with E-state index in [9.17, 15) is 4.79 Å². The molecule has 0 radical (unpaired) electrons. The molecule has 2 heterocycles. The maximum atomic E-state index is 11.5. The maximum absolute atomic E-state index is 11.5. The SMILES string of the molecule is COCO[C@@H]1C(OC(C)=O)CCC[C@@H]1Nc1nc(Cl)ncc1-c1cnn(C)c1. The Kier molecular flexibility index (Phi) is 6.82. The van der Waals surface area contributed by atoms with E-state index in [1.807, 2.05) is 13.2 Å². The number of nitrogens with zero attached hydrogens (tertiary/aromatic N) is 4. The number of hydrogen-bond acceptors (Lipinski definition) is 8. The number of hydrogen-bond donors (Lipinski definition) is 1. The first kappa shape index (κ1) is 20.5. The van der Waals surface area contributed by atoms with Gasteiger partial charge in [0, 0.05) is 44.6 Å². The van der Waals surface area contributed by atoms with Gasteiger partial charge < -0.3 is 19.5 Å². The van der Waals surface area contributed by atoms with Gasteiger partial charge in [-0.15, -0.1) is 0 Å². The van der Waals surface area contributed by atoms with Crippen molar-refractivity contribution in [2.45, 2.75) is 44.4 Å². The van der Waals surface area contributed by atoms with Gasteiger partial charge in [-0.3, -0.25) is 9.48 Å². The van der Waals surface area contributed by atoms with E-state index in [0.717, 1.165) is 30.4 Å². The van der Waals surface area contributed by atoms with E-state index in [0.29, 0.717) is 5.82 Å². The fraction of sp³-hybridized carbons (Fsp3) is 0.556. The Hall–Kier alpha value is -2.23. The summed E-state index contributed by atoms with van der Waals surface area (Å²) in [6, 6.07) is -0.144. The average Bonchev–Trinajstić information content (AvgIpc) is 3.07. The molecule has 0 amide bonds. The van der Waals surface area contributed by atoms with Gasteiger partial charge in [-0.05, 0) is 30.9 Å². The minimum absolute atomic E-state index is 0.0978. The van der Waals surface area contributed by atoms with Crippen LogP contribution in [0.1, 0.15) is 26.2 Å². The third-order valence-corrected chi connectivity index (χ3v) is 4.74. The van der Waals surface area contributed by atoms with Crippen LogP contribution in [-0.4, -0.2) is 57.9 Å². The summed E-state index contributed by atoms with van der Waals surface area (Å²) in [7, 11) is 3.39. The van der Waals surface area contributed by atoms with E-state index in [1.165, 1.54) is 6.92 Å². The number of esters is 1. The molecule has 2 aromatic heterocycles. The third kappa shape index (κ3) is 4.98. The highest BCUT2D eigenvalue weighted by molar-refractivity contribution is 6.28. The highest BCUT2D eigenvalue weighted by Crippen LogP contribution is 2.31. The van der Waals surface area contributed by atoms with Crippen LogP contribution < -0.4 is 5.32 Å². The molecule has 3 rings (SSSR count). The van der Waals surface area contributed by atoms with Crippen LogP contribution in [0.4, 0.5) is 5.82 Å². The normalized spacial score (nSPS) is 22.1. The molecule has 1 unspecified atom stereocenters. The third-order valence-electron chi connectivity index (χ3n) is 4.56. The summed E-state index contributed by atoms with van der Waals surface area (Å²) in [6.07, 6.45) is 6.95. The molecule has 0 bridgehead atoms. The number of aromatic nitrogens is 4. The number of ether oxygens (including phenoxy) is 3. The molecule has 0 saturated heterocycles. The summed E-state index contributed by atoms with van der Waals surface area (Å²) in [4.78, 5) is 20.0. The van der Waals surface area contributed by atoms with Gasteiger partial charge in [0.1, 0.15) is 24.8 Å². The Morgan fingerprint density at radius 1 is 1.39 bits per heavy atom.